The normalized spacial score (nSPS) is 15.7. The van der Waals surface area contributed by atoms with E-state index in [0.717, 1.165) is 62.6 Å². The Labute approximate surface area is 166 Å². The molecule has 1 aromatic rings. The van der Waals surface area contributed by atoms with E-state index in [4.69, 9.17) is 11.6 Å². The molecule has 0 atom stereocenters. The third-order valence-corrected chi connectivity index (χ3v) is 5.72. The van der Waals surface area contributed by atoms with Crippen molar-refractivity contribution >= 4 is 38.9 Å². The first kappa shape index (κ1) is 22.5. The first-order valence-corrected chi connectivity index (χ1v) is 10.9. The first-order valence-electron chi connectivity index (χ1n) is 8.67. The smallest absolute Gasteiger partial charge is 0.271 e. The van der Waals surface area contributed by atoms with E-state index in [2.05, 4.69) is 10.5 Å². The molecule has 1 saturated carbocycles. The first-order chi connectivity index (χ1) is 13.0. The van der Waals surface area contributed by atoms with Crippen LogP contribution in [-0.4, -0.2) is 32.8 Å². The van der Waals surface area contributed by atoms with E-state index in [9.17, 15) is 26.4 Å². The molecule has 11 heteroatoms. The molecule has 0 spiro atoms. The van der Waals surface area contributed by atoms with Crippen LogP contribution in [0.15, 0.2) is 23.3 Å². The fourth-order valence-corrected chi connectivity index (χ4v) is 3.91. The maximum Gasteiger partial charge on any atom is 0.417 e. The lowest BCUT2D eigenvalue weighted by atomic mass is 10.2. The summed E-state index contributed by atoms with van der Waals surface area (Å²) in [5, 5.41) is 3.48. The summed E-state index contributed by atoms with van der Waals surface area (Å²) >= 11 is 5.57. The van der Waals surface area contributed by atoms with E-state index in [1.165, 1.54) is 0 Å². The van der Waals surface area contributed by atoms with Crippen molar-refractivity contribution in [3.63, 3.8) is 0 Å². The third kappa shape index (κ3) is 6.37. The molecule has 28 heavy (non-hydrogen) atoms. The summed E-state index contributed by atoms with van der Waals surface area (Å²) in [6, 6.07) is 2.67. The Morgan fingerprint density at radius 3 is 2.36 bits per heavy atom. The van der Waals surface area contributed by atoms with Gasteiger partial charge in [-0.1, -0.05) is 24.4 Å². The molecule has 1 N–H and O–H groups in total. The van der Waals surface area contributed by atoms with Crippen molar-refractivity contribution < 1.29 is 26.4 Å². The zero-order chi connectivity index (χ0) is 20.9. The van der Waals surface area contributed by atoms with E-state index in [0.29, 0.717) is 10.4 Å². The molecule has 0 aliphatic heterocycles. The molecular formula is C17H21ClF3N3O3S. The lowest BCUT2D eigenvalue weighted by molar-refractivity contribution is -0.137. The molecule has 1 fully saturated rings. The molecule has 1 aliphatic carbocycles. The number of rotatable bonds is 5. The van der Waals surface area contributed by atoms with Crippen LogP contribution in [0.1, 0.15) is 44.1 Å². The standard InChI is InChI=1S/C17H21ClF3N3O3S/c1-28(26,27)24(13-8-9-15(18)14(10-13)17(19,20)21)11-16(25)23-22-12-6-4-2-3-5-7-12/h8-10H,2-7,11H2,1H3,(H,23,25). The highest BCUT2D eigenvalue weighted by Crippen LogP contribution is 2.37. The second kappa shape index (κ2) is 9.13. The Balaban J connectivity index is 2.21. The van der Waals surface area contributed by atoms with Crippen molar-refractivity contribution in [2.45, 2.75) is 44.7 Å². The number of amides is 1. The second-order valence-electron chi connectivity index (χ2n) is 6.56. The quantitative estimate of drug-likeness (QED) is 0.557. The minimum absolute atomic E-state index is 0.309. The van der Waals surface area contributed by atoms with E-state index in [1.54, 1.807) is 0 Å². The van der Waals surface area contributed by atoms with Crippen LogP contribution in [0, 0.1) is 0 Å². The molecule has 2 rings (SSSR count). The summed E-state index contributed by atoms with van der Waals surface area (Å²) < 4.78 is 63.9. The summed E-state index contributed by atoms with van der Waals surface area (Å²) in [6.45, 7) is -0.700. The number of anilines is 1. The fraction of sp³-hybridized carbons (Fsp3) is 0.529. The van der Waals surface area contributed by atoms with Crippen LogP contribution in [0.3, 0.4) is 0 Å². The van der Waals surface area contributed by atoms with Crippen molar-refractivity contribution in [2.24, 2.45) is 5.10 Å². The van der Waals surface area contributed by atoms with Crippen LogP contribution >= 0.6 is 11.6 Å². The van der Waals surface area contributed by atoms with Crippen LogP contribution in [-0.2, 0) is 21.0 Å². The summed E-state index contributed by atoms with van der Waals surface area (Å²) in [5.41, 5.74) is 1.64. The van der Waals surface area contributed by atoms with Crippen molar-refractivity contribution in [2.75, 3.05) is 17.1 Å². The number of hydrazone groups is 1. The number of hydrogen-bond acceptors (Lipinski definition) is 4. The summed E-state index contributed by atoms with van der Waals surface area (Å²) in [6.07, 6.45) is 1.66. The Morgan fingerprint density at radius 2 is 1.82 bits per heavy atom. The van der Waals surface area contributed by atoms with Gasteiger partial charge in [0.25, 0.3) is 5.91 Å². The number of carbonyl (C=O) groups excluding carboxylic acids is 1. The number of halogens is 4. The zero-order valence-electron chi connectivity index (χ0n) is 15.2. The number of alkyl halides is 3. The average Bonchev–Trinajstić information content (AvgIpc) is 2.85. The van der Waals surface area contributed by atoms with Gasteiger partial charge >= 0.3 is 6.18 Å². The third-order valence-electron chi connectivity index (χ3n) is 4.25. The average molecular weight is 440 g/mol. The van der Waals surface area contributed by atoms with Crippen LogP contribution in [0.2, 0.25) is 5.02 Å². The van der Waals surface area contributed by atoms with E-state index < -0.39 is 39.2 Å². The number of nitrogens with zero attached hydrogens (tertiary/aromatic N) is 2. The van der Waals surface area contributed by atoms with Gasteiger partial charge in [0.05, 0.1) is 22.5 Å². The zero-order valence-corrected chi connectivity index (χ0v) is 16.8. The maximum atomic E-state index is 13.1. The van der Waals surface area contributed by atoms with Gasteiger partial charge in [0.1, 0.15) is 6.54 Å². The highest BCUT2D eigenvalue weighted by Gasteiger charge is 2.34. The predicted octanol–water partition coefficient (Wildman–Crippen LogP) is 3.95. The predicted molar refractivity (Wildman–Crippen MR) is 102 cm³/mol. The van der Waals surface area contributed by atoms with Crippen LogP contribution in [0.4, 0.5) is 18.9 Å². The molecule has 0 saturated heterocycles. The Morgan fingerprint density at radius 1 is 1.21 bits per heavy atom. The number of sulfonamides is 1. The van der Waals surface area contributed by atoms with E-state index in [-0.39, 0.29) is 5.69 Å². The lowest BCUT2D eigenvalue weighted by Crippen LogP contribution is -2.39. The molecule has 6 nitrogen and oxygen atoms in total. The van der Waals surface area contributed by atoms with Gasteiger partial charge in [0.15, 0.2) is 0 Å². The monoisotopic (exact) mass is 439 g/mol. The highest BCUT2D eigenvalue weighted by molar-refractivity contribution is 7.92. The molecule has 1 amide bonds. The lowest BCUT2D eigenvalue weighted by Gasteiger charge is -2.22. The van der Waals surface area contributed by atoms with Gasteiger partial charge in [0.2, 0.25) is 10.0 Å². The number of benzene rings is 1. The van der Waals surface area contributed by atoms with Gasteiger partial charge < -0.3 is 0 Å². The molecule has 0 aromatic heterocycles. The highest BCUT2D eigenvalue weighted by atomic mass is 35.5. The summed E-state index contributed by atoms with van der Waals surface area (Å²) in [7, 11) is -4.02. The van der Waals surface area contributed by atoms with Crippen molar-refractivity contribution in [3.05, 3.63) is 28.8 Å². The van der Waals surface area contributed by atoms with Gasteiger partial charge in [-0.05, 0) is 43.9 Å². The fourth-order valence-electron chi connectivity index (χ4n) is 2.84. The molecule has 0 radical (unpaired) electrons. The van der Waals surface area contributed by atoms with Crippen molar-refractivity contribution in [1.29, 1.82) is 0 Å². The topological polar surface area (TPSA) is 78.8 Å². The SMILES string of the molecule is CS(=O)(=O)N(CC(=O)NN=C1CCCCCC1)c1ccc(Cl)c(C(F)(F)F)c1. The largest absolute Gasteiger partial charge is 0.417 e. The second-order valence-corrected chi connectivity index (χ2v) is 8.87. The Hall–Kier alpha value is -1.81. The van der Waals surface area contributed by atoms with Gasteiger partial charge in [-0.25, -0.2) is 13.8 Å². The Kier molecular flexibility index (Phi) is 7.33. The van der Waals surface area contributed by atoms with E-state index >= 15 is 0 Å². The summed E-state index contributed by atoms with van der Waals surface area (Å²) in [5.74, 6) is -0.745. The molecule has 1 aromatic carbocycles. The molecule has 156 valence electrons. The minimum atomic E-state index is -4.76. The number of carbonyl (C=O) groups is 1. The van der Waals surface area contributed by atoms with Crippen LogP contribution in [0.25, 0.3) is 0 Å². The van der Waals surface area contributed by atoms with E-state index in [1.807, 2.05) is 0 Å². The minimum Gasteiger partial charge on any atom is -0.271 e. The maximum absolute atomic E-state index is 13.1. The molecule has 0 unspecified atom stereocenters. The van der Waals surface area contributed by atoms with Gasteiger partial charge in [-0.15, -0.1) is 0 Å². The molecule has 0 bridgehead atoms. The van der Waals surface area contributed by atoms with Gasteiger partial charge in [0, 0.05) is 5.71 Å². The van der Waals surface area contributed by atoms with Gasteiger partial charge in [-0.2, -0.15) is 18.3 Å². The van der Waals surface area contributed by atoms with Crippen LogP contribution in [0.5, 0.6) is 0 Å². The molecule has 1 aliphatic rings. The van der Waals surface area contributed by atoms with Crippen LogP contribution < -0.4 is 9.73 Å². The Bertz CT molecular complexity index is 847. The number of hydrogen-bond donors (Lipinski definition) is 1. The molecule has 0 heterocycles. The molecular weight excluding hydrogens is 419 g/mol. The van der Waals surface area contributed by atoms with Gasteiger partial charge in [-0.3, -0.25) is 9.10 Å². The number of nitrogens with one attached hydrogen (secondary N) is 1. The van der Waals surface area contributed by atoms with Crippen molar-refractivity contribution in [3.8, 4) is 0 Å². The summed E-state index contributed by atoms with van der Waals surface area (Å²) in [4.78, 5) is 12.2. The van der Waals surface area contributed by atoms with Crippen molar-refractivity contribution in [1.82, 2.24) is 5.43 Å².